The van der Waals surface area contributed by atoms with Crippen molar-refractivity contribution in [1.82, 2.24) is 25.1 Å². The summed E-state index contributed by atoms with van der Waals surface area (Å²) in [5, 5.41) is 11.8. The molecule has 0 radical (unpaired) electrons. The van der Waals surface area contributed by atoms with Crippen LogP contribution in [0.25, 0.3) is 0 Å². The standard InChI is InChI=1S/C8H16N6S/c1-6(4-7(9)15)13(2)5-8-10-12-14(3)11-8/h6H,4-5H2,1-3H3,(H2,9,15). The van der Waals surface area contributed by atoms with E-state index in [-0.39, 0.29) is 6.04 Å². The molecule has 0 spiro atoms. The Hall–Kier alpha value is -1.08. The van der Waals surface area contributed by atoms with E-state index in [1.165, 1.54) is 4.80 Å². The molecule has 1 aromatic heterocycles. The van der Waals surface area contributed by atoms with E-state index in [2.05, 4.69) is 27.2 Å². The van der Waals surface area contributed by atoms with Crippen LogP contribution in [0.5, 0.6) is 0 Å². The second-order valence-corrected chi connectivity index (χ2v) is 4.15. The summed E-state index contributed by atoms with van der Waals surface area (Å²) in [4.78, 5) is 4.07. The number of rotatable bonds is 5. The summed E-state index contributed by atoms with van der Waals surface area (Å²) >= 11 is 4.86. The van der Waals surface area contributed by atoms with Gasteiger partial charge in [0.15, 0.2) is 5.82 Å². The molecule has 2 N–H and O–H groups in total. The maximum absolute atomic E-state index is 5.49. The van der Waals surface area contributed by atoms with Crippen LogP contribution in [0, 0.1) is 0 Å². The minimum absolute atomic E-state index is 0.284. The SMILES string of the molecule is CC(CC(N)=S)N(C)Cc1nnn(C)n1. The van der Waals surface area contributed by atoms with Crippen LogP contribution in [0.4, 0.5) is 0 Å². The van der Waals surface area contributed by atoms with Gasteiger partial charge in [-0.05, 0) is 19.2 Å². The molecular formula is C8H16N6S. The van der Waals surface area contributed by atoms with Crippen LogP contribution in [0.2, 0.25) is 0 Å². The summed E-state index contributed by atoms with van der Waals surface area (Å²) in [5.41, 5.74) is 5.49. The molecule has 0 saturated carbocycles. The first-order valence-electron chi connectivity index (χ1n) is 4.70. The first kappa shape index (κ1) is 12.0. The number of aryl methyl sites for hydroxylation is 1. The number of aromatic nitrogens is 4. The fourth-order valence-electron chi connectivity index (χ4n) is 1.21. The molecule has 0 aromatic carbocycles. The Bertz CT molecular complexity index is 336. The van der Waals surface area contributed by atoms with Crippen LogP contribution < -0.4 is 5.73 Å². The van der Waals surface area contributed by atoms with Gasteiger partial charge in [0.1, 0.15) is 0 Å². The average molecular weight is 228 g/mol. The van der Waals surface area contributed by atoms with Gasteiger partial charge in [-0.15, -0.1) is 10.2 Å². The second-order valence-electron chi connectivity index (χ2n) is 3.63. The smallest absolute Gasteiger partial charge is 0.188 e. The van der Waals surface area contributed by atoms with E-state index >= 15 is 0 Å². The Morgan fingerprint density at radius 1 is 1.67 bits per heavy atom. The van der Waals surface area contributed by atoms with Gasteiger partial charge in [0.2, 0.25) is 0 Å². The van der Waals surface area contributed by atoms with Crippen LogP contribution in [0.1, 0.15) is 19.2 Å². The van der Waals surface area contributed by atoms with Crippen LogP contribution in [0.15, 0.2) is 0 Å². The zero-order valence-electron chi connectivity index (χ0n) is 9.21. The third-order valence-electron chi connectivity index (χ3n) is 2.19. The Morgan fingerprint density at radius 3 is 2.80 bits per heavy atom. The lowest BCUT2D eigenvalue weighted by molar-refractivity contribution is 0.249. The predicted molar refractivity (Wildman–Crippen MR) is 61.1 cm³/mol. The molecule has 84 valence electrons. The summed E-state index contributed by atoms with van der Waals surface area (Å²) in [6.07, 6.45) is 0.700. The average Bonchev–Trinajstić information content (AvgIpc) is 2.50. The zero-order valence-corrected chi connectivity index (χ0v) is 10.0. The van der Waals surface area contributed by atoms with Crippen molar-refractivity contribution in [3.8, 4) is 0 Å². The fourth-order valence-corrected chi connectivity index (χ4v) is 1.45. The molecule has 0 fully saturated rings. The minimum atomic E-state index is 0.284. The van der Waals surface area contributed by atoms with Crippen molar-refractivity contribution in [3.05, 3.63) is 5.82 Å². The first-order valence-corrected chi connectivity index (χ1v) is 5.11. The molecule has 0 bridgehead atoms. The normalized spacial score (nSPS) is 13.1. The number of nitrogens with two attached hydrogens (primary N) is 1. The highest BCUT2D eigenvalue weighted by Crippen LogP contribution is 2.04. The van der Waals surface area contributed by atoms with E-state index in [1.54, 1.807) is 7.05 Å². The second kappa shape index (κ2) is 5.13. The molecule has 7 heteroatoms. The van der Waals surface area contributed by atoms with Crippen molar-refractivity contribution in [1.29, 1.82) is 0 Å². The lowest BCUT2D eigenvalue weighted by Gasteiger charge is -2.22. The number of nitrogens with zero attached hydrogens (tertiary/aromatic N) is 5. The predicted octanol–water partition coefficient (Wildman–Crippen LogP) is -0.293. The summed E-state index contributed by atoms with van der Waals surface area (Å²) in [6.45, 7) is 2.72. The Morgan fingerprint density at radius 2 is 2.33 bits per heavy atom. The zero-order chi connectivity index (χ0) is 11.4. The Balaban J connectivity index is 2.47. The maximum atomic E-state index is 5.49. The molecule has 1 heterocycles. The van der Waals surface area contributed by atoms with Crippen LogP contribution in [0.3, 0.4) is 0 Å². The number of tetrazole rings is 1. The summed E-state index contributed by atoms with van der Waals surface area (Å²) in [7, 11) is 3.73. The van der Waals surface area contributed by atoms with E-state index in [1.807, 2.05) is 7.05 Å². The quantitative estimate of drug-likeness (QED) is 0.698. The molecule has 1 atom stereocenters. The summed E-state index contributed by atoms with van der Waals surface area (Å²) < 4.78 is 0. The largest absolute Gasteiger partial charge is 0.393 e. The van der Waals surface area contributed by atoms with Gasteiger partial charge in [-0.25, -0.2) is 0 Å². The van der Waals surface area contributed by atoms with Gasteiger partial charge < -0.3 is 5.73 Å². The van der Waals surface area contributed by atoms with E-state index in [0.717, 1.165) is 0 Å². The molecule has 0 aliphatic carbocycles. The molecule has 6 nitrogen and oxygen atoms in total. The van der Waals surface area contributed by atoms with Crippen LogP contribution in [-0.2, 0) is 13.6 Å². The van der Waals surface area contributed by atoms with Crippen LogP contribution in [-0.4, -0.2) is 43.2 Å². The summed E-state index contributed by atoms with van der Waals surface area (Å²) in [6, 6.07) is 0.284. The lowest BCUT2D eigenvalue weighted by Crippen LogP contribution is -2.32. The van der Waals surface area contributed by atoms with E-state index in [0.29, 0.717) is 23.8 Å². The fraction of sp³-hybridized carbons (Fsp3) is 0.750. The number of hydrogen-bond acceptors (Lipinski definition) is 5. The highest BCUT2D eigenvalue weighted by atomic mass is 32.1. The van der Waals surface area contributed by atoms with Crippen molar-refractivity contribution in [2.75, 3.05) is 7.05 Å². The van der Waals surface area contributed by atoms with Crippen molar-refractivity contribution >= 4 is 17.2 Å². The molecule has 15 heavy (non-hydrogen) atoms. The molecule has 1 aromatic rings. The lowest BCUT2D eigenvalue weighted by atomic mass is 10.2. The van der Waals surface area contributed by atoms with Crippen molar-refractivity contribution in [2.45, 2.75) is 25.9 Å². The van der Waals surface area contributed by atoms with E-state index in [9.17, 15) is 0 Å². The molecule has 1 rings (SSSR count). The molecule has 0 saturated heterocycles. The van der Waals surface area contributed by atoms with Crippen LogP contribution >= 0.6 is 12.2 Å². The molecule has 1 unspecified atom stereocenters. The summed E-state index contributed by atoms with van der Waals surface area (Å²) in [5.74, 6) is 0.704. The maximum Gasteiger partial charge on any atom is 0.188 e. The minimum Gasteiger partial charge on any atom is -0.393 e. The monoisotopic (exact) mass is 228 g/mol. The van der Waals surface area contributed by atoms with Gasteiger partial charge in [0, 0.05) is 12.5 Å². The van der Waals surface area contributed by atoms with Crippen molar-refractivity contribution < 1.29 is 0 Å². The molecular weight excluding hydrogens is 212 g/mol. The van der Waals surface area contributed by atoms with Crippen molar-refractivity contribution in [3.63, 3.8) is 0 Å². The van der Waals surface area contributed by atoms with Gasteiger partial charge in [0.25, 0.3) is 0 Å². The van der Waals surface area contributed by atoms with Crippen molar-refractivity contribution in [2.24, 2.45) is 12.8 Å². The first-order chi connectivity index (χ1) is 6.99. The molecule has 0 amide bonds. The third kappa shape index (κ3) is 3.88. The third-order valence-corrected chi connectivity index (χ3v) is 2.36. The topological polar surface area (TPSA) is 72.9 Å². The van der Waals surface area contributed by atoms with E-state index < -0.39 is 0 Å². The van der Waals surface area contributed by atoms with E-state index in [4.69, 9.17) is 18.0 Å². The van der Waals surface area contributed by atoms with Gasteiger partial charge >= 0.3 is 0 Å². The molecule has 0 aliphatic heterocycles. The molecule has 0 aliphatic rings. The number of hydrogen-bond donors (Lipinski definition) is 1. The highest BCUT2D eigenvalue weighted by molar-refractivity contribution is 7.80. The van der Waals surface area contributed by atoms with Gasteiger partial charge in [-0.2, -0.15) is 4.80 Å². The van der Waals surface area contributed by atoms with Gasteiger partial charge in [-0.1, -0.05) is 12.2 Å². The number of thiocarbonyl (C=S) groups is 1. The highest BCUT2D eigenvalue weighted by Gasteiger charge is 2.12. The Kier molecular flexibility index (Phi) is 4.10. The van der Waals surface area contributed by atoms with Gasteiger partial charge in [0.05, 0.1) is 18.6 Å². The Labute approximate surface area is 94.4 Å². The van der Waals surface area contributed by atoms with Gasteiger partial charge in [-0.3, -0.25) is 4.90 Å².